The van der Waals surface area contributed by atoms with E-state index in [1.165, 1.54) is 6.92 Å². The highest BCUT2D eigenvalue weighted by molar-refractivity contribution is 6.12. The van der Waals surface area contributed by atoms with E-state index < -0.39 is 23.4 Å². The number of nitrogens with one attached hydrogen (secondary N) is 2. The summed E-state index contributed by atoms with van der Waals surface area (Å²) in [7, 11) is 0. The van der Waals surface area contributed by atoms with Gasteiger partial charge in [0.15, 0.2) is 5.78 Å². The van der Waals surface area contributed by atoms with Crippen molar-refractivity contribution < 1.29 is 23.5 Å². The van der Waals surface area contributed by atoms with Crippen LogP contribution >= 0.6 is 0 Å². The monoisotopic (exact) mass is 486 g/mol. The molecular formula is C29H27FN2O4. The van der Waals surface area contributed by atoms with Gasteiger partial charge < -0.3 is 15.4 Å². The lowest BCUT2D eigenvalue weighted by Gasteiger charge is -2.35. The van der Waals surface area contributed by atoms with Crippen molar-refractivity contribution in [1.82, 2.24) is 5.32 Å². The summed E-state index contributed by atoms with van der Waals surface area (Å²) in [5.74, 6) is -1.39. The average Bonchev–Trinajstić information content (AvgIpc) is 3.16. The number of hydrogen-bond donors (Lipinski definition) is 2. The van der Waals surface area contributed by atoms with E-state index in [2.05, 4.69) is 22.8 Å². The first kappa shape index (κ1) is 23.7. The van der Waals surface area contributed by atoms with Gasteiger partial charge in [-0.2, -0.15) is 0 Å². The zero-order chi connectivity index (χ0) is 25.6. The Bertz CT molecular complexity index is 1370. The number of benzene rings is 3. The molecule has 0 saturated carbocycles. The van der Waals surface area contributed by atoms with Gasteiger partial charge in [0.25, 0.3) is 0 Å². The fourth-order valence-corrected chi connectivity index (χ4v) is 5.40. The second-order valence-corrected chi connectivity index (χ2v) is 9.68. The molecule has 0 aromatic heterocycles. The molecule has 0 spiro atoms. The summed E-state index contributed by atoms with van der Waals surface area (Å²) < 4.78 is 20.1. The van der Waals surface area contributed by atoms with E-state index in [1.807, 2.05) is 36.4 Å². The quantitative estimate of drug-likeness (QED) is 0.509. The van der Waals surface area contributed by atoms with Gasteiger partial charge in [0.05, 0.1) is 5.69 Å². The highest BCUT2D eigenvalue weighted by Gasteiger charge is 2.43. The Balaban J connectivity index is 1.35. The van der Waals surface area contributed by atoms with E-state index in [0.29, 0.717) is 17.5 Å². The van der Waals surface area contributed by atoms with Crippen molar-refractivity contribution in [1.29, 1.82) is 0 Å². The molecule has 0 bridgehead atoms. The van der Waals surface area contributed by atoms with Crippen molar-refractivity contribution >= 4 is 23.5 Å². The number of alkyl carbamates (subject to hydrolysis) is 1. The van der Waals surface area contributed by atoms with Gasteiger partial charge in [0.2, 0.25) is 5.91 Å². The van der Waals surface area contributed by atoms with Crippen LogP contribution in [0.2, 0.25) is 0 Å². The minimum atomic E-state index is -1.26. The van der Waals surface area contributed by atoms with Crippen LogP contribution in [0.15, 0.2) is 54.6 Å². The predicted molar refractivity (Wildman–Crippen MR) is 135 cm³/mol. The van der Waals surface area contributed by atoms with Crippen molar-refractivity contribution in [3.8, 4) is 11.1 Å². The summed E-state index contributed by atoms with van der Waals surface area (Å²) in [5, 5.41) is 5.32. The molecule has 6 nitrogen and oxygen atoms in total. The topological polar surface area (TPSA) is 84.5 Å². The molecule has 184 valence electrons. The van der Waals surface area contributed by atoms with Crippen LogP contribution in [-0.4, -0.2) is 29.9 Å². The van der Waals surface area contributed by atoms with Crippen LogP contribution in [0.3, 0.4) is 0 Å². The molecule has 2 aliphatic rings. The Hall–Kier alpha value is -4.00. The van der Waals surface area contributed by atoms with Crippen LogP contribution in [0, 0.1) is 12.7 Å². The first-order valence-corrected chi connectivity index (χ1v) is 12.0. The number of fused-ring (bicyclic) bond motifs is 4. The molecule has 36 heavy (non-hydrogen) atoms. The number of rotatable bonds is 4. The van der Waals surface area contributed by atoms with Crippen LogP contribution in [-0.2, 0) is 16.0 Å². The normalized spacial score (nSPS) is 18.2. The van der Waals surface area contributed by atoms with Gasteiger partial charge in [-0.25, -0.2) is 9.18 Å². The largest absolute Gasteiger partial charge is 0.449 e. The van der Waals surface area contributed by atoms with Gasteiger partial charge >= 0.3 is 6.09 Å². The van der Waals surface area contributed by atoms with E-state index >= 15 is 0 Å². The molecule has 2 N–H and O–H groups in total. The fraction of sp³-hybridized carbons (Fsp3) is 0.276. The predicted octanol–water partition coefficient (Wildman–Crippen LogP) is 5.52. The molecular weight excluding hydrogens is 459 g/mol. The zero-order valence-corrected chi connectivity index (χ0v) is 20.4. The number of amides is 2. The Morgan fingerprint density at radius 2 is 1.69 bits per heavy atom. The highest BCUT2D eigenvalue weighted by atomic mass is 19.1. The summed E-state index contributed by atoms with van der Waals surface area (Å²) in [6.07, 6.45) is -0.0411. The van der Waals surface area contributed by atoms with E-state index in [0.717, 1.165) is 28.3 Å². The number of Topliss-reactive ketones (excluding diaryl/α,β-unsaturated/α-hetero) is 1. The molecule has 7 heteroatoms. The van der Waals surface area contributed by atoms with Crippen LogP contribution in [0.4, 0.5) is 14.9 Å². The Kier molecular flexibility index (Phi) is 5.86. The van der Waals surface area contributed by atoms with Gasteiger partial charge in [-0.3, -0.25) is 9.59 Å². The number of carbonyl (C=O) groups is 3. The molecule has 0 heterocycles. The van der Waals surface area contributed by atoms with Crippen LogP contribution < -0.4 is 10.6 Å². The summed E-state index contributed by atoms with van der Waals surface area (Å²) in [4.78, 5) is 38.2. The summed E-state index contributed by atoms with van der Waals surface area (Å²) in [6.45, 7) is 4.67. The number of carbonyl (C=O) groups excluding carboxylic acids is 3. The third-order valence-corrected chi connectivity index (χ3v) is 7.29. The van der Waals surface area contributed by atoms with Crippen molar-refractivity contribution in [2.75, 3.05) is 11.9 Å². The van der Waals surface area contributed by atoms with Gasteiger partial charge in [-0.05, 0) is 66.1 Å². The standard InChI is InChI=1S/C29H27FN2O4/c1-16-18-12-13-29(3,27(34)26(18)25(14-24(16)30)31-17(2)33)32-28(35)36-15-23-21-10-6-4-8-19(21)20-9-5-7-11-22(20)23/h4-11,14,23H,12-13,15H2,1-3H3,(H,31,33)(H,32,35). The maximum atomic E-state index is 14.5. The lowest BCUT2D eigenvalue weighted by molar-refractivity contribution is -0.114. The lowest BCUT2D eigenvalue weighted by Crippen LogP contribution is -2.55. The number of anilines is 1. The Labute approximate surface area is 208 Å². The SMILES string of the molecule is CC(=O)Nc1cc(F)c(C)c2c1C(=O)C(C)(NC(=O)OCC1c3ccccc3-c3ccccc31)CC2. The van der Waals surface area contributed by atoms with E-state index in [1.54, 1.807) is 13.8 Å². The van der Waals surface area contributed by atoms with Crippen molar-refractivity contribution in [3.63, 3.8) is 0 Å². The van der Waals surface area contributed by atoms with Gasteiger partial charge in [0.1, 0.15) is 18.0 Å². The summed E-state index contributed by atoms with van der Waals surface area (Å²) >= 11 is 0. The van der Waals surface area contributed by atoms with Crippen LogP contribution in [0.25, 0.3) is 11.1 Å². The van der Waals surface area contributed by atoms with Gasteiger partial charge in [0, 0.05) is 18.4 Å². The minimum Gasteiger partial charge on any atom is -0.449 e. The lowest BCUT2D eigenvalue weighted by atomic mass is 9.76. The molecule has 1 unspecified atom stereocenters. The molecule has 0 saturated heterocycles. The number of halogens is 1. The molecule has 2 aliphatic carbocycles. The number of hydrogen-bond acceptors (Lipinski definition) is 4. The van der Waals surface area contributed by atoms with Crippen molar-refractivity contribution in [2.45, 2.75) is 45.1 Å². The molecule has 0 radical (unpaired) electrons. The van der Waals surface area contributed by atoms with E-state index in [-0.39, 0.29) is 36.0 Å². The molecule has 2 amide bonds. The molecule has 3 aromatic carbocycles. The number of ketones is 1. The van der Waals surface area contributed by atoms with Crippen LogP contribution in [0.5, 0.6) is 0 Å². The van der Waals surface area contributed by atoms with Crippen molar-refractivity contribution in [3.05, 3.63) is 88.2 Å². The molecule has 0 aliphatic heterocycles. The van der Waals surface area contributed by atoms with Crippen LogP contribution in [0.1, 0.15) is 58.8 Å². The van der Waals surface area contributed by atoms with Gasteiger partial charge in [-0.15, -0.1) is 0 Å². The second kappa shape index (κ2) is 8.90. The third-order valence-electron chi connectivity index (χ3n) is 7.29. The molecule has 1 atom stereocenters. The van der Waals surface area contributed by atoms with Crippen molar-refractivity contribution in [2.24, 2.45) is 0 Å². The maximum absolute atomic E-state index is 14.5. The maximum Gasteiger partial charge on any atom is 0.407 e. The number of ether oxygens (including phenoxy) is 1. The minimum absolute atomic E-state index is 0.101. The first-order valence-electron chi connectivity index (χ1n) is 12.0. The molecule has 3 aromatic rings. The Morgan fingerprint density at radius 3 is 2.31 bits per heavy atom. The zero-order valence-electron chi connectivity index (χ0n) is 20.4. The third kappa shape index (κ3) is 3.94. The fourth-order valence-electron chi connectivity index (χ4n) is 5.40. The highest BCUT2D eigenvalue weighted by Crippen LogP contribution is 2.44. The van der Waals surface area contributed by atoms with E-state index in [4.69, 9.17) is 4.74 Å². The second-order valence-electron chi connectivity index (χ2n) is 9.68. The molecule has 5 rings (SSSR count). The Morgan fingerprint density at radius 1 is 1.08 bits per heavy atom. The smallest absolute Gasteiger partial charge is 0.407 e. The van der Waals surface area contributed by atoms with Gasteiger partial charge in [-0.1, -0.05) is 48.5 Å². The summed E-state index contributed by atoms with van der Waals surface area (Å²) in [6, 6.07) is 17.3. The van der Waals surface area contributed by atoms with E-state index in [9.17, 15) is 18.8 Å². The first-order chi connectivity index (χ1) is 17.2. The molecule has 0 fully saturated rings. The summed E-state index contributed by atoms with van der Waals surface area (Å²) in [5.41, 5.74) is 4.46. The average molecular weight is 487 g/mol.